The van der Waals surface area contributed by atoms with E-state index in [0.29, 0.717) is 50.8 Å². The van der Waals surface area contributed by atoms with Crippen molar-refractivity contribution in [1.29, 1.82) is 0 Å². The van der Waals surface area contributed by atoms with Crippen LogP contribution in [-0.2, 0) is 14.3 Å². The van der Waals surface area contributed by atoms with Gasteiger partial charge in [0.1, 0.15) is 5.54 Å². The lowest BCUT2D eigenvalue weighted by atomic mass is 9.77. The Morgan fingerprint density at radius 2 is 1.93 bits per heavy atom. The van der Waals surface area contributed by atoms with E-state index < -0.39 is 22.3 Å². The summed E-state index contributed by atoms with van der Waals surface area (Å²) in [6.45, 7) is 4.31. The number of carbonyl (C=O) groups excluding carboxylic acids is 2. The number of methoxy groups -OCH3 is 1. The van der Waals surface area contributed by atoms with E-state index in [1.807, 2.05) is 4.90 Å². The van der Waals surface area contributed by atoms with Gasteiger partial charge in [0.15, 0.2) is 0 Å². The summed E-state index contributed by atoms with van der Waals surface area (Å²) >= 11 is 0. The second-order valence-corrected chi connectivity index (χ2v) is 7.77. The van der Waals surface area contributed by atoms with Gasteiger partial charge in [-0.25, -0.2) is 4.79 Å². The highest BCUT2D eigenvalue weighted by Gasteiger charge is 2.44. The number of nitrogens with one attached hydrogen (secondary N) is 1. The summed E-state index contributed by atoms with van der Waals surface area (Å²) in [5.74, 6) is -0.516. The standard InChI is InChI=1S/C20H27N3O6/c1-14-5-7-20(8-6-14,19(25)28-2)21-18(24)16-13-15(23(26)27)3-4-17(16)22-9-11-29-12-10-22/h3-4,13-14H,5-12H2,1-2H3,(H,21,24). The molecule has 1 saturated carbocycles. The third kappa shape index (κ3) is 4.50. The highest BCUT2D eigenvalue weighted by atomic mass is 16.6. The fraction of sp³-hybridized carbons (Fsp3) is 0.600. The molecular formula is C20H27N3O6. The molecule has 0 atom stereocenters. The quantitative estimate of drug-likeness (QED) is 0.454. The molecule has 9 nitrogen and oxygen atoms in total. The number of hydrogen-bond acceptors (Lipinski definition) is 7. The molecule has 1 heterocycles. The Bertz CT molecular complexity index is 782. The third-order valence-corrected chi connectivity index (χ3v) is 5.84. The first-order chi connectivity index (χ1) is 13.9. The van der Waals surface area contributed by atoms with Crippen LogP contribution in [-0.4, -0.2) is 55.8 Å². The normalized spacial score (nSPS) is 24.6. The highest BCUT2D eigenvalue weighted by Crippen LogP contribution is 2.34. The van der Waals surface area contributed by atoms with E-state index in [2.05, 4.69) is 12.2 Å². The highest BCUT2D eigenvalue weighted by molar-refractivity contribution is 6.03. The second kappa shape index (κ2) is 8.77. The Balaban J connectivity index is 1.94. The van der Waals surface area contributed by atoms with E-state index in [9.17, 15) is 19.7 Å². The molecule has 0 bridgehead atoms. The number of morpholine rings is 1. The van der Waals surface area contributed by atoms with Crippen LogP contribution in [0.5, 0.6) is 0 Å². The zero-order valence-corrected chi connectivity index (χ0v) is 16.8. The van der Waals surface area contributed by atoms with Gasteiger partial charge < -0.3 is 19.7 Å². The Kier molecular flexibility index (Phi) is 6.36. The first kappa shape index (κ1) is 21.0. The van der Waals surface area contributed by atoms with Crippen molar-refractivity contribution in [2.24, 2.45) is 5.92 Å². The molecule has 0 aromatic heterocycles. The fourth-order valence-corrected chi connectivity index (χ4v) is 4.01. The minimum absolute atomic E-state index is 0.170. The Labute approximate surface area is 169 Å². The van der Waals surface area contributed by atoms with E-state index in [1.165, 1.54) is 19.2 Å². The number of nitro benzene ring substituents is 1. The summed E-state index contributed by atoms with van der Waals surface area (Å²) < 4.78 is 10.4. The van der Waals surface area contributed by atoms with Gasteiger partial charge in [0.2, 0.25) is 0 Å². The van der Waals surface area contributed by atoms with Gasteiger partial charge in [0, 0.05) is 25.2 Å². The number of ether oxygens (including phenoxy) is 2. The molecule has 3 rings (SSSR count). The van der Waals surface area contributed by atoms with Crippen molar-refractivity contribution >= 4 is 23.3 Å². The van der Waals surface area contributed by atoms with Gasteiger partial charge in [-0.1, -0.05) is 6.92 Å². The van der Waals surface area contributed by atoms with Crippen LogP contribution in [0.4, 0.5) is 11.4 Å². The summed E-state index contributed by atoms with van der Waals surface area (Å²) in [4.78, 5) is 38.5. The van der Waals surface area contributed by atoms with Gasteiger partial charge in [0.05, 0.1) is 36.5 Å². The number of amides is 1. The Morgan fingerprint density at radius 1 is 1.28 bits per heavy atom. The molecule has 158 valence electrons. The van der Waals surface area contributed by atoms with Gasteiger partial charge in [0.25, 0.3) is 11.6 Å². The van der Waals surface area contributed by atoms with Crippen LogP contribution in [0.3, 0.4) is 0 Å². The predicted octanol–water partition coefficient (Wildman–Crippen LogP) is 2.28. The number of anilines is 1. The van der Waals surface area contributed by atoms with Gasteiger partial charge in [-0.2, -0.15) is 0 Å². The number of hydrogen-bond donors (Lipinski definition) is 1. The number of carbonyl (C=O) groups is 2. The van der Waals surface area contributed by atoms with E-state index in [-0.39, 0.29) is 11.3 Å². The molecule has 2 aliphatic rings. The van der Waals surface area contributed by atoms with Crippen LogP contribution < -0.4 is 10.2 Å². The lowest BCUT2D eigenvalue weighted by molar-refractivity contribution is -0.384. The number of benzene rings is 1. The second-order valence-electron chi connectivity index (χ2n) is 7.77. The maximum absolute atomic E-state index is 13.3. The number of nitro groups is 1. The van der Waals surface area contributed by atoms with Crippen LogP contribution in [0.25, 0.3) is 0 Å². The monoisotopic (exact) mass is 405 g/mol. The number of esters is 1. The molecule has 1 aliphatic heterocycles. The molecule has 1 aromatic carbocycles. The third-order valence-electron chi connectivity index (χ3n) is 5.84. The number of non-ortho nitro benzene ring substituents is 1. The molecule has 1 amide bonds. The lowest BCUT2D eigenvalue weighted by Gasteiger charge is -2.38. The van der Waals surface area contributed by atoms with Gasteiger partial charge in [-0.15, -0.1) is 0 Å². The molecule has 0 radical (unpaired) electrons. The summed E-state index contributed by atoms with van der Waals surface area (Å²) in [7, 11) is 1.31. The predicted molar refractivity (Wildman–Crippen MR) is 106 cm³/mol. The van der Waals surface area contributed by atoms with Crippen LogP contribution >= 0.6 is 0 Å². The molecule has 1 aromatic rings. The minimum Gasteiger partial charge on any atom is -0.467 e. The molecule has 2 fully saturated rings. The summed E-state index contributed by atoms with van der Waals surface area (Å²) in [6.07, 6.45) is 2.55. The zero-order chi connectivity index (χ0) is 21.0. The molecular weight excluding hydrogens is 378 g/mol. The van der Waals surface area contributed by atoms with Crippen molar-refractivity contribution in [2.45, 2.75) is 38.1 Å². The maximum atomic E-state index is 13.3. The molecule has 29 heavy (non-hydrogen) atoms. The molecule has 1 saturated heterocycles. The van der Waals surface area contributed by atoms with Crippen molar-refractivity contribution in [3.63, 3.8) is 0 Å². The van der Waals surface area contributed by atoms with Crippen LogP contribution in [0.15, 0.2) is 18.2 Å². The van der Waals surface area contributed by atoms with Crippen LogP contribution in [0, 0.1) is 16.0 Å². The Morgan fingerprint density at radius 3 is 2.52 bits per heavy atom. The van der Waals surface area contributed by atoms with Gasteiger partial charge in [-0.05, 0) is 37.7 Å². The van der Waals surface area contributed by atoms with E-state index in [4.69, 9.17) is 9.47 Å². The van der Waals surface area contributed by atoms with Crippen molar-refractivity contribution < 1.29 is 24.0 Å². The number of nitrogens with zero attached hydrogens (tertiary/aromatic N) is 2. The minimum atomic E-state index is -1.11. The summed E-state index contributed by atoms with van der Waals surface area (Å²) in [6, 6.07) is 4.25. The average Bonchev–Trinajstić information content (AvgIpc) is 2.75. The Hall–Kier alpha value is -2.68. The van der Waals surface area contributed by atoms with Crippen molar-refractivity contribution in [3.8, 4) is 0 Å². The maximum Gasteiger partial charge on any atom is 0.331 e. The van der Waals surface area contributed by atoms with Crippen molar-refractivity contribution in [3.05, 3.63) is 33.9 Å². The van der Waals surface area contributed by atoms with Crippen molar-refractivity contribution in [2.75, 3.05) is 38.3 Å². The van der Waals surface area contributed by atoms with E-state index >= 15 is 0 Å². The molecule has 9 heteroatoms. The van der Waals surface area contributed by atoms with E-state index in [0.717, 1.165) is 12.8 Å². The van der Waals surface area contributed by atoms with Crippen LogP contribution in [0.1, 0.15) is 43.0 Å². The molecule has 1 N–H and O–H groups in total. The lowest BCUT2D eigenvalue weighted by Crippen LogP contribution is -2.57. The van der Waals surface area contributed by atoms with Gasteiger partial charge >= 0.3 is 5.97 Å². The first-order valence-electron chi connectivity index (χ1n) is 9.88. The van der Waals surface area contributed by atoms with Crippen molar-refractivity contribution in [1.82, 2.24) is 5.32 Å². The first-order valence-corrected chi connectivity index (χ1v) is 9.88. The largest absolute Gasteiger partial charge is 0.467 e. The smallest absolute Gasteiger partial charge is 0.331 e. The van der Waals surface area contributed by atoms with E-state index in [1.54, 1.807) is 6.07 Å². The van der Waals surface area contributed by atoms with Gasteiger partial charge in [-0.3, -0.25) is 14.9 Å². The topological polar surface area (TPSA) is 111 Å². The SMILES string of the molecule is COC(=O)C1(NC(=O)c2cc([N+](=O)[O-])ccc2N2CCOCC2)CCC(C)CC1. The average molecular weight is 405 g/mol. The summed E-state index contributed by atoms with van der Waals surface area (Å²) in [5, 5.41) is 14.1. The molecule has 0 spiro atoms. The summed E-state index contributed by atoms with van der Waals surface area (Å²) in [5.41, 5.74) is -0.495. The zero-order valence-electron chi connectivity index (χ0n) is 16.8. The molecule has 1 aliphatic carbocycles. The van der Waals surface area contributed by atoms with Crippen LogP contribution in [0.2, 0.25) is 0 Å². The number of rotatable bonds is 5. The molecule has 0 unspecified atom stereocenters. The fourth-order valence-electron chi connectivity index (χ4n) is 4.01.